The van der Waals surface area contributed by atoms with Crippen LogP contribution in [0.15, 0.2) is 0 Å². The third-order valence-electron chi connectivity index (χ3n) is 3.82. The largest absolute Gasteiger partial charge is 0.480 e. The van der Waals surface area contributed by atoms with Gasteiger partial charge in [-0.3, -0.25) is 4.79 Å². The first kappa shape index (κ1) is 12.5. The summed E-state index contributed by atoms with van der Waals surface area (Å²) in [6.45, 7) is 4.76. The maximum absolute atomic E-state index is 11.2. The van der Waals surface area contributed by atoms with Crippen LogP contribution in [-0.4, -0.2) is 23.2 Å². The summed E-state index contributed by atoms with van der Waals surface area (Å²) in [6.07, 6.45) is 6.46. The highest BCUT2D eigenvalue weighted by molar-refractivity contribution is 5.78. The van der Waals surface area contributed by atoms with E-state index in [0.717, 1.165) is 6.54 Å². The van der Waals surface area contributed by atoms with Crippen molar-refractivity contribution in [2.24, 2.45) is 5.92 Å². The standard InChI is InChI=1S/C12H23NO2/c1-3-12(4-2,11(14)15)13-9-10-7-5-6-8-10/h10,13H,3-9H2,1-2H3,(H,14,15). The SMILES string of the molecule is CCC(CC)(NCC1CCCC1)C(=O)O. The third kappa shape index (κ3) is 2.94. The molecule has 15 heavy (non-hydrogen) atoms. The summed E-state index contributed by atoms with van der Waals surface area (Å²) in [5.74, 6) is -0.00711. The van der Waals surface area contributed by atoms with E-state index in [4.69, 9.17) is 0 Å². The van der Waals surface area contributed by atoms with Crippen LogP contribution in [0.1, 0.15) is 52.4 Å². The average molecular weight is 213 g/mol. The zero-order valence-corrected chi connectivity index (χ0v) is 9.88. The van der Waals surface area contributed by atoms with Gasteiger partial charge in [0.15, 0.2) is 0 Å². The lowest BCUT2D eigenvalue weighted by atomic mass is 9.92. The Kier molecular flexibility index (Phi) is 4.58. The molecular formula is C12H23NO2. The minimum absolute atomic E-state index is 0.658. The highest BCUT2D eigenvalue weighted by atomic mass is 16.4. The number of hydrogen-bond donors (Lipinski definition) is 2. The van der Waals surface area contributed by atoms with Crippen LogP contribution in [0, 0.1) is 5.92 Å². The van der Waals surface area contributed by atoms with Gasteiger partial charge in [-0.15, -0.1) is 0 Å². The van der Waals surface area contributed by atoms with E-state index in [9.17, 15) is 9.90 Å². The Hall–Kier alpha value is -0.570. The van der Waals surface area contributed by atoms with Crippen LogP contribution in [0.3, 0.4) is 0 Å². The Bertz CT molecular complexity index is 206. The van der Waals surface area contributed by atoms with Gasteiger partial charge in [0, 0.05) is 0 Å². The summed E-state index contributed by atoms with van der Waals surface area (Å²) < 4.78 is 0. The van der Waals surface area contributed by atoms with Gasteiger partial charge in [-0.1, -0.05) is 26.7 Å². The zero-order chi connectivity index (χ0) is 11.3. The first-order valence-corrected chi connectivity index (χ1v) is 6.13. The number of carboxylic acid groups (broad SMARTS) is 1. The van der Waals surface area contributed by atoms with Crippen molar-refractivity contribution >= 4 is 5.97 Å². The summed E-state index contributed by atoms with van der Waals surface area (Å²) in [4.78, 5) is 11.2. The highest BCUT2D eigenvalue weighted by Crippen LogP contribution is 2.25. The van der Waals surface area contributed by atoms with E-state index in [1.165, 1.54) is 25.7 Å². The Labute approximate surface area is 92.3 Å². The lowest BCUT2D eigenvalue weighted by Crippen LogP contribution is -2.52. The summed E-state index contributed by atoms with van der Waals surface area (Å²) in [5.41, 5.74) is -0.692. The number of carbonyl (C=O) groups is 1. The molecule has 1 saturated carbocycles. The molecule has 88 valence electrons. The van der Waals surface area contributed by atoms with Crippen LogP contribution in [0.4, 0.5) is 0 Å². The topological polar surface area (TPSA) is 49.3 Å². The lowest BCUT2D eigenvalue weighted by molar-refractivity contribution is -0.145. The van der Waals surface area contributed by atoms with Gasteiger partial charge in [-0.05, 0) is 38.1 Å². The molecule has 3 nitrogen and oxygen atoms in total. The van der Waals surface area contributed by atoms with Gasteiger partial charge in [-0.25, -0.2) is 0 Å². The molecule has 1 fully saturated rings. The second-order valence-corrected chi connectivity index (χ2v) is 4.63. The van der Waals surface area contributed by atoms with Gasteiger partial charge in [0.1, 0.15) is 5.54 Å². The van der Waals surface area contributed by atoms with Crippen LogP contribution in [0.25, 0.3) is 0 Å². The smallest absolute Gasteiger partial charge is 0.323 e. The van der Waals surface area contributed by atoms with Crippen LogP contribution in [-0.2, 0) is 4.79 Å². The van der Waals surface area contributed by atoms with Gasteiger partial charge < -0.3 is 10.4 Å². The highest BCUT2D eigenvalue weighted by Gasteiger charge is 2.34. The van der Waals surface area contributed by atoms with Crippen molar-refractivity contribution in [1.29, 1.82) is 0 Å². The third-order valence-corrected chi connectivity index (χ3v) is 3.82. The van der Waals surface area contributed by atoms with E-state index < -0.39 is 11.5 Å². The fourth-order valence-corrected chi connectivity index (χ4v) is 2.43. The van der Waals surface area contributed by atoms with Gasteiger partial charge in [0.2, 0.25) is 0 Å². The van der Waals surface area contributed by atoms with Crippen LogP contribution in [0.5, 0.6) is 0 Å². The molecule has 1 aliphatic carbocycles. The fourth-order valence-electron chi connectivity index (χ4n) is 2.43. The van der Waals surface area contributed by atoms with Crippen LogP contribution >= 0.6 is 0 Å². The lowest BCUT2D eigenvalue weighted by Gasteiger charge is -2.29. The van der Waals surface area contributed by atoms with E-state index >= 15 is 0 Å². The monoisotopic (exact) mass is 213 g/mol. The molecule has 0 amide bonds. The molecule has 1 aliphatic rings. The number of nitrogens with one attached hydrogen (secondary N) is 1. The van der Waals surface area contributed by atoms with E-state index in [2.05, 4.69) is 5.32 Å². The molecule has 0 radical (unpaired) electrons. The first-order chi connectivity index (χ1) is 7.14. The normalized spacial score (nSPS) is 18.3. The molecule has 0 spiro atoms. The zero-order valence-electron chi connectivity index (χ0n) is 9.88. The number of aliphatic carboxylic acids is 1. The molecule has 0 atom stereocenters. The molecule has 3 heteroatoms. The molecule has 2 N–H and O–H groups in total. The maximum atomic E-state index is 11.2. The average Bonchev–Trinajstić information content (AvgIpc) is 2.72. The van der Waals surface area contributed by atoms with Crippen molar-refractivity contribution in [3.8, 4) is 0 Å². The molecule has 0 aliphatic heterocycles. The fraction of sp³-hybridized carbons (Fsp3) is 0.917. The maximum Gasteiger partial charge on any atom is 0.323 e. The van der Waals surface area contributed by atoms with Gasteiger partial charge in [0.25, 0.3) is 0 Å². The molecule has 0 unspecified atom stereocenters. The second kappa shape index (κ2) is 5.50. The molecular weight excluding hydrogens is 190 g/mol. The minimum atomic E-state index is -0.703. The number of carboxylic acids is 1. The van der Waals surface area contributed by atoms with E-state index in [0.29, 0.717) is 18.8 Å². The van der Waals surface area contributed by atoms with E-state index in [1.807, 2.05) is 13.8 Å². The van der Waals surface area contributed by atoms with Crippen molar-refractivity contribution in [3.63, 3.8) is 0 Å². The van der Waals surface area contributed by atoms with Crippen molar-refractivity contribution in [2.45, 2.75) is 57.9 Å². The molecule has 1 rings (SSSR count). The first-order valence-electron chi connectivity index (χ1n) is 6.13. The molecule has 0 aromatic carbocycles. The second-order valence-electron chi connectivity index (χ2n) is 4.63. The van der Waals surface area contributed by atoms with Gasteiger partial charge in [-0.2, -0.15) is 0 Å². The van der Waals surface area contributed by atoms with Crippen LogP contribution < -0.4 is 5.32 Å². The van der Waals surface area contributed by atoms with E-state index in [1.54, 1.807) is 0 Å². The Morgan fingerprint density at radius 3 is 2.27 bits per heavy atom. The molecule has 0 saturated heterocycles. The Morgan fingerprint density at radius 2 is 1.87 bits per heavy atom. The van der Waals surface area contributed by atoms with E-state index in [-0.39, 0.29) is 0 Å². The predicted molar refractivity (Wildman–Crippen MR) is 60.9 cm³/mol. The number of hydrogen-bond acceptors (Lipinski definition) is 2. The van der Waals surface area contributed by atoms with Gasteiger partial charge in [0.05, 0.1) is 0 Å². The summed E-state index contributed by atoms with van der Waals surface area (Å²) in [7, 11) is 0. The number of rotatable bonds is 6. The van der Waals surface area contributed by atoms with Crippen molar-refractivity contribution in [1.82, 2.24) is 5.32 Å². The molecule has 0 heterocycles. The molecule has 0 aromatic heterocycles. The van der Waals surface area contributed by atoms with Gasteiger partial charge >= 0.3 is 5.97 Å². The minimum Gasteiger partial charge on any atom is -0.480 e. The van der Waals surface area contributed by atoms with Crippen molar-refractivity contribution < 1.29 is 9.90 Å². The molecule has 0 aromatic rings. The van der Waals surface area contributed by atoms with Crippen molar-refractivity contribution in [2.75, 3.05) is 6.54 Å². The quantitative estimate of drug-likeness (QED) is 0.712. The summed E-state index contributed by atoms with van der Waals surface area (Å²) in [6, 6.07) is 0. The predicted octanol–water partition coefficient (Wildman–Crippen LogP) is 2.41. The summed E-state index contributed by atoms with van der Waals surface area (Å²) in [5, 5.41) is 12.5. The molecule has 0 bridgehead atoms. The van der Waals surface area contributed by atoms with Crippen molar-refractivity contribution in [3.05, 3.63) is 0 Å². The van der Waals surface area contributed by atoms with Crippen LogP contribution in [0.2, 0.25) is 0 Å². The Balaban J connectivity index is 2.46. The summed E-state index contributed by atoms with van der Waals surface area (Å²) >= 11 is 0. The Morgan fingerprint density at radius 1 is 1.33 bits per heavy atom.